The molecule has 0 aromatic heterocycles. The number of anilines is 1. The summed E-state index contributed by atoms with van der Waals surface area (Å²) in [6.45, 7) is 1.76. The van der Waals surface area contributed by atoms with Crippen LogP contribution in [0.1, 0.15) is 23.7 Å². The number of methoxy groups -OCH3 is 1. The van der Waals surface area contributed by atoms with Crippen LogP contribution in [0.15, 0.2) is 12.1 Å². The molecule has 18 heavy (non-hydrogen) atoms. The van der Waals surface area contributed by atoms with Crippen LogP contribution in [0.5, 0.6) is 5.75 Å². The molecule has 1 aromatic carbocycles. The van der Waals surface area contributed by atoms with Crippen LogP contribution in [0.2, 0.25) is 0 Å². The quantitative estimate of drug-likeness (QED) is 0.815. The molecule has 1 heterocycles. The van der Waals surface area contributed by atoms with Crippen molar-refractivity contribution in [3.63, 3.8) is 0 Å². The van der Waals surface area contributed by atoms with Gasteiger partial charge in [0, 0.05) is 0 Å². The van der Waals surface area contributed by atoms with Gasteiger partial charge in [-0.05, 0) is 18.6 Å². The van der Waals surface area contributed by atoms with Crippen molar-refractivity contribution in [3.8, 4) is 5.75 Å². The van der Waals surface area contributed by atoms with E-state index in [1.165, 1.54) is 13.2 Å². The summed E-state index contributed by atoms with van der Waals surface area (Å²) in [5.41, 5.74) is 0.165. The van der Waals surface area contributed by atoms with Gasteiger partial charge in [-0.1, -0.05) is 6.92 Å². The van der Waals surface area contributed by atoms with Crippen LogP contribution in [-0.2, 0) is 9.53 Å². The summed E-state index contributed by atoms with van der Waals surface area (Å²) in [4.78, 5) is 22.9. The molecule has 96 valence electrons. The first-order valence-corrected chi connectivity index (χ1v) is 5.46. The van der Waals surface area contributed by atoms with E-state index in [1.807, 2.05) is 0 Å². The van der Waals surface area contributed by atoms with Crippen LogP contribution in [0.4, 0.5) is 10.1 Å². The van der Waals surface area contributed by atoms with Crippen LogP contribution >= 0.6 is 0 Å². The molecule has 1 aliphatic heterocycles. The summed E-state index contributed by atoms with van der Waals surface area (Å²) in [5, 5.41) is 2.51. The fourth-order valence-electron chi connectivity index (χ4n) is 1.72. The van der Waals surface area contributed by atoms with E-state index in [1.54, 1.807) is 6.92 Å². The SMILES string of the molecule is CCC1Oc2c(F)cc(C(=O)OC)cc2NC1=O. The molecule has 0 fully saturated rings. The molecule has 1 amide bonds. The van der Waals surface area contributed by atoms with Gasteiger partial charge in [0.25, 0.3) is 5.91 Å². The lowest BCUT2D eigenvalue weighted by Gasteiger charge is -2.25. The van der Waals surface area contributed by atoms with Crippen LogP contribution in [0.25, 0.3) is 0 Å². The zero-order valence-electron chi connectivity index (χ0n) is 9.95. The first-order chi connectivity index (χ1) is 8.56. The van der Waals surface area contributed by atoms with Crippen molar-refractivity contribution in [2.75, 3.05) is 12.4 Å². The second-order valence-corrected chi connectivity index (χ2v) is 3.83. The first-order valence-electron chi connectivity index (χ1n) is 5.46. The summed E-state index contributed by atoms with van der Waals surface area (Å²) in [6, 6.07) is 2.35. The topological polar surface area (TPSA) is 64.6 Å². The molecule has 0 saturated heterocycles. The lowest BCUT2D eigenvalue weighted by atomic mass is 10.1. The number of hydrogen-bond acceptors (Lipinski definition) is 4. The highest BCUT2D eigenvalue weighted by Crippen LogP contribution is 2.34. The Hall–Kier alpha value is -2.11. The zero-order valence-corrected chi connectivity index (χ0v) is 9.95. The Labute approximate surface area is 103 Å². The Bertz CT molecular complexity index is 515. The monoisotopic (exact) mass is 253 g/mol. The highest BCUT2D eigenvalue weighted by Gasteiger charge is 2.29. The molecule has 1 aliphatic rings. The minimum absolute atomic E-state index is 0.0209. The molecule has 0 aliphatic carbocycles. The van der Waals surface area contributed by atoms with Gasteiger partial charge >= 0.3 is 5.97 Å². The van der Waals surface area contributed by atoms with Crippen molar-refractivity contribution in [3.05, 3.63) is 23.5 Å². The van der Waals surface area contributed by atoms with Crippen molar-refractivity contribution >= 4 is 17.6 Å². The summed E-state index contributed by atoms with van der Waals surface area (Å²) in [5.74, 6) is -1.78. The maximum Gasteiger partial charge on any atom is 0.338 e. The predicted octanol–water partition coefficient (Wildman–Crippen LogP) is 1.72. The Kier molecular flexibility index (Phi) is 3.18. The normalized spacial score (nSPS) is 17.5. The first kappa shape index (κ1) is 12.3. The van der Waals surface area contributed by atoms with Gasteiger partial charge in [0.15, 0.2) is 17.7 Å². The summed E-state index contributed by atoms with van der Waals surface area (Å²) in [7, 11) is 1.20. The maximum absolute atomic E-state index is 13.8. The highest BCUT2D eigenvalue weighted by atomic mass is 19.1. The highest BCUT2D eigenvalue weighted by molar-refractivity contribution is 6.00. The van der Waals surface area contributed by atoms with Crippen molar-refractivity contribution < 1.29 is 23.5 Å². The lowest BCUT2D eigenvalue weighted by molar-refractivity contribution is -0.123. The van der Waals surface area contributed by atoms with Crippen molar-refractivity contribution in [1.29, 1.82) is 0 Å². The molecule has 1 atom stereocenters. The predicted molar refractivity (Wildman–Crippen MR) is 61.1 cm³/mol. The minimum atomic E-state index is -0.712. The fourth-order valence-corrected chi connectivity index (χ4v) is 1.72. The van der Waals surface area contributed by atoms with E-state index in [0.29, 0.717) is 6.42 Å². The number of halogens is 1. The second kappa shape index (κ2) is 4.64. The number of nitrogens with one attached hydrogen (secondary N) is 1. The third-order valence-electron chi connectivity index (χ3n) is 2.65. The number of carbonyl (C=O) groups excluding carboxylic acids is 2. The van der Waals surface area contributed by atoms with Crippen LogP contribution in [-0.4, -0.2) is 25.1 Å². The van der Waals surface area contributed by atoms with Crippen molar-refractivity contribution in [2.45, 2.75) is 19.4 Å². The molecular weight excluding hydrogens is 241 g/mol. The van der Waals surface area contributed by atoms with Gasteiger partial charge in [-0.25, -0.2) is 9.18 Å². The smallest absolute Gasteiger partial charge is 0.338 e. The molecule has 0 radical (unpaired) electrons. The van der Waals surface area contributed by atoms with E-state index in [4.69, 9.17) is 4.74 Å². The number of amides is 1. The van der Waals surface area contributed by atoms with Gasteiger partial charge in [0.05, 0.1) is 18.4 Å². The van der Waals surface area contributed by atoms with E-state index in [-0.39, 0.29) is 22.9 Å². The molecule has 5 nitrogen and oxygen atoms in total. The molecule has 1 aromatic rings. The molecule has 6 heteroatoms. The number of carbonyl (C=O) groups is 2. The van der Waals surface area contributed by atoms with Gasteiger partial charge in [0.2, 0.25) is 0 Å². The van der Waals surface area contributed by atoms with Gasteiger partial charge in [0.1, 0.15) is 0 Å². The van der Waals surface area contributed by atoms with Crippen LogP contribution < -0.4 is 10.1 Å². The molecule has 0 saturated carbocycles. The fraction of sp³-hybridized carbons (Fsp3) is 0.333. The zero-order chi connectivity index (χ0) is 13.3. The summed E-state index contributed by atoms with van der Waals surface area (Å²) < 4.78 is 23.5. The van der Waals surface area contributed by atoms with Crippen molar-refractivity contribution in [1.82, 2.24) is 0 Å². The largest absolute Gasteiger partial charge is 0.475 e. The molecule has 0 bridgehead atoms. The van der Waals surface area contributed by atoms with E-state index >= 15 is 0 Å². The maximum atomic E-state index is 13.8. The van der Waals surface area contributed by atoms with Gasteiger partial charge in [-0.2, -0.15) is 0 Å². The molecule has 1 unspecified atom stereocenters. The van der Waals surface area contributed by atoms with Crippen molar-refractivity contribution in [2.24, 2.45) is 0 Å². The van der Waals surface area contributed by atoms with E-state index in [0.717, 1.165) is 6.07 Å². The Morgan fingerprint density at radius 2 is 2.28 bits per heavy atom. The molecule has 1 N–H and O–H groups in total. The van der Waals surface area contributed by atoms with E-state index in [2.05, 4.69) is 10.1 Å². The number of esters is 1. The third-order valence-corrected chi connectivity index (χ3v) is 2.65. The Morgan fingerprint density at radius 1 is 1.56 bits per heavy atom. The summed E-state index contributed by atoms with van der Waals surface area (Å²) >= 11 is 0. The average Bonchev–Trinajstić information content (AvgIpc) is 2.36. The third kappa shape index (κ3) is 2.01. The van der Waals surface area contributed by atoms with Crippen LogP contribution in [0.3, 0.4) is 0 Å². The number of hydrogen-bond donors (Lipinski definition) is 1. The number of ether oxygens (including phenoxy) is 2. The summed E-state index contributed by atoms with van der Waals surface area (Å²) in [6.07, 6.45) is -0.278. The Morgan fingerprint density at radius 3 is 2.89 bits per heavy atom. The number of rotatable bonds is 2. The van der Waals surface area contributed by atoms with Gasteiger partial charge < -0.3 is 14.8 Å². The second-order valence-electron chi connectivity index (χ2n) is 3.83. The number of benzene rings is 1. The van der Waals surface area contributed by atoms with E-state index in [9.17, 15) is 14.0 Å². The Balaban J connectivity index is 2.43. The molecule has 2 rings (SSSR count). The standard InChI is InChI=1S/C12H12FNO4/c1-3-9-11(15)14-8-5-6(12(16)17-2)4-7(13)10(8)18-9/h4-5,9H,3H2,1-2H3,(H,14,15). The molecule has 0 spiro atoms. The number of fused-ring (bicyclic) bond motifs is 1. The van der Waals surface area contributed by atoms with Crippen LogP contribution in [0, 0.1) is 5.82 Å². The lowest BCUT2D eigenvalue weighted by Crippen LogP contribution is -2.36. The van der Waals surface area contributed by atoms with E-state index < -0.39 is 17.9 Å². The molecular formula is C12H12FNO4. The minimum Gasteiger partial charge on any atom is -0.475 e. The average molecular weight is 253 g/mol. The van der Waals surface area contributed by atoms with Gasteiger partial charge in [-0.3, -0.25) is 4.79 Å². The van der Waals surface area contributed by atoms with Gasteiger partial charge in [-0.15, -0.1) is 0 Å².